The fourth-order valence-corrected chi connectivity index (χ4v) is 4.61. The van der Waals surface area contributed by atoms with E-state index < -0.39 is 12.1 Å². The van der Waals surface area contributed by atoms with E-state index in [0.717, 1.165) is 30.2 Å². The summed E-state index contributed by atoms with van der Waals surface area (Å²) in [5, 5.41) is 6.62. The maximum Gasteiger partial charge on any atom is 0.268 e. The number of benzene rings is 1. The molecule has 0 radical (unpaired) electrons. The number of hydrogen-bond acceptors (Lipinski definition) is 5. The van der Waals surface area contributed by atoms with Gasteiger partial charge in [0.2, 0.25) is 17.7 Å². The third kappa shape index (κ3) is 6.11. The molecule has 2 atom stereocenters. The van der Waals surface area contributed by atoms with Crippen molar-refractivity contribution in [3.63, 3.8) is 0 Å². The topological polar surface area (TPSA) is 127 Å². The lowest BCUT2D eigenvalue weighted by atomic mass is 10.1. The van der Waals surface area contributed by atoms with Gasteiger partial charge in [-0.05, 0) is 37.8 Å². The Balaban J connectivity index is 1.57. The van der Waals surface area contributed by atoms with E-state index in [1.807, 2.05) is 31.3 Å². The number of amides is 4. The lowest BCUT2D eigenvalue weighted by Gasteiger charge is -2.28. The quantitative estimate of drug-likeness (QED) is 0.282. The Kier molecular flexibility index (Phi) is 8.98. The average Bonchev–Trinajstić information content (AvgIpc) is 3.44. The SMILES string of the molecule is Cn1c(C(=O)N[C@@H](CS)C(=O)N2CCC[C@H]2C(=O)NCCCCCC(N)=O)cc2ccccc21. The number of fused-ring (bicyclic) bond motifs is 1. The van der Waals surface area contributed by atoms with Crippen molar-refractivity contribution in [1.29, 1.82) is 0 Å². The Bertz CT molecular complexity index is 1050. The van der Waals surface area contributed by atoms with Gasteiger partial charge >= 0.3 is 0 Å². The Morgan fingerprint density at radius 2 is 1.94 bits per heavy atom. The number of unbranched alkanes of at least 4 members (excludes halogenated alkanes) is 2. The summed E-state index contributed by atoms with van der Waals surface area (Å²) >= 11 is 4.29. The molecule has 10 heteroatoms. The van der Waals surface area contributed by atoms with Gasteiger partial charge < -0.3 is 25.8 Å². The van der Waals surface area contributed by atoms with Crippen molar-refractivity contribution in [3.05, 3.63) is 36.0 Å². The Hall–Kier alpha value is -3.01. The Labute approximate surface area is 204 Å². The van der Waals surface area contributed by atoms with Gasteiger partial charge in [0.25, 0.3) is 5.91 Å². The van der Waals surface area contributed by atoms with Crippen LogP contribution < -0.4 is 16.4 Å². The van der Waals surface area contributed by atoms with Crippen molar-refractivity contribution < 1.29 is 19.2 Å². The molecule has 4 amide bonds. The molecule has 2 aromatic rings. The first kappa shape index (κ1) is 25.6. The summed E-state index contributed by atoms with van der Waals surface area (Å²) in [6, 6.07) is 8.07. The zero-order valence-electron chi connectivity index (χ0n) is 19.5. The molecule has 184 valence electrons. The number of nitrogens with one attached hydrogen (secondary N) is 2. The minimum Gasteiger partial charge on any atom is -0.370 e. The summed E-state index contributed by atoms with van der Waals surface area (Å²) in [5.74, 6) is -1.06. The van der Waals surface area contributed by atoms with Gasteiger partial charge in [-0.3, -0.25) is 19.2 Å². The number of rotatable bonds is 11. The van der Waals surface area contributed by atoms with Crippen molar-refractivity contribution >= 4 is 47.2 Å². The molecule has 34 heavy (non-hydrogen) atoms. The van der Waals surface area contributed by atoms with Crippen LogP contribution in [0.15, 0.2) is 30.3 Å². The van der Waals surface area contributed by atoms with Crippen LogP contribution in [-0.4, -0.2) is 64.0 Å². The molecular formula is C24H33N5O4S. The Morgan fingerprint density at radius 3 is 2.65 bits per heavy atom. The molecule has 1 aliphatic heterocycles. The number of likely N-dealkylation sites (tertiary alicyclic amines) is 1. The maximum absolute atomic E-state index is 13.2. The van der Waals surface area contributed by atoms with Crippen LogP contribution >= 0.6 is 12.6 Å². The van der Waals surface area contributed by atoms with E-state index in [1.54, 1.807) is 15.5 Å². The maximum atomic E-state index is 13.2. The van der Waals surface area contributed by atoms with Crippen molar-refractivity contribution in [2.45, 2.75) is 50.6 Å². The van der Waals surface area contributed by atoms with Crippen LogP contribution in [0.25, 0.3) is 10.9 Å². The summed E-state index contributed by atoms with van der Waals surface area (Å²) in [7, 11) is 1.81. The number of thiol groups is 1. The van der Waals surface area contributed by atoms with Crippen molar-refractivity contribution in [2.24, 2.45) is 12.8 Å². The highest BCUT2D eigenvalue weighted by molar-refractivity contribution is 7.80. The summed E-state index contributed by atoms with van der Waals surface area (Å²) in [4.78, 5) is 51.2. The van der Waals surface area contributed by atoms with Gasteiger partial charge in [-0.25, -0.2) is 0 Å². The number of primary amides is 1. The molecule has 2 heterocycles. The zero-order chi connectivity index (χ0) is 24.7. The third-order valence-electron chi connectivity index (χ3n) is 6.21. The van der Waals surface area contributed by atoms with E-state index >= 15 is 0 Å². The van der Waals surface area contributed by atoms with Gasteiger partial charge in [0.1, 0.15) is 17.8 Å². The molecule has 0 saturated carbocycles. The number of aryl methyl sites for hydroxylation is 1. The first-order chi connectivity index (χ1) is 16.3. The van der Waals surface area contributed by atoms with Gasteiger partial charge in [-0.15, -0.1) is 0 Å². The molecule has 0 spiro atoms. The average molecular weight is 488 g/mol. The smallest absolute Gasteiger partial charge is 0.268 e. The number of aromatic nitrogens is 1. The highest BCUT2D eigenvalue weighted by Crippen LogP contribution is 2.21. The van der Waals surface area contributed by atoms with E-state index in [0.29, 0.717) is 38.0 Å². The van der Waals surface area contributed by atoms with Crippen LogP contribution in [-0.2, 0) is 21.4 Å². The number of carbonyl (C=O) groups excluding carboxylic acids is 4. The van der Waals surface area contributed by atoms with E-state index in [4.69, 9.17) is 5.73 Å². The normalized spacial score (nSPS) is 16.4. The fourth-order valence-electron chi connectivity index (χ4n) is 4.36. The number of nitrogens with two attached hydrogens (primary N) is 1. The molecule has 1 fully saturated rings. The van der Waals surface area contributed by atoms with Gasteiger partial charge in [-0.1, -0.05) is 24.6 Å². The molecule has 0 unspecified atom stereocenters. The van der Waals surface area contributed by atoms with Crippen molar-refractivity contribution in [1.82, 2.24) is 20.1 Å². The molecule has 0 aliphatic carbocycles. The molecule has 4 N–H and O–H groups in total. The molecule has 1 aromatic heterocycles. The highest BCUT2D eigenvalue weighted by atomic mass is 32.1. The first-order valence-electron chi connectivity index (χ1n) is 11.7. The van der Waals surface area contributed by atoms with Crippen molar-refractivity contribution in [2.75, 3.05) is 18.8 Å². The van der Waals surface area contributed by atoms with Crippen LogP contribution in [0, 0.1) is 0 Å². The number of carbonyl (C=O) groups is 4. The second-order valence-electron chi connectivity index (χ2n) is 8.61. The van der Waals surface area contributed by atoms with E-state index in [9.17, 15) is 19.2 Å². The molecule has 3 rings (SSSR count). The summed E-state index contributed by atoms with van der Waals surface area (Å²) < 4.78 is 1.79. The van der Waals surface area contributed by atoms with Gasteiger partial charge in [0.15, 0.2) is 0 Å². The lowest BCUT2D eigenvalue weighted by Crippen LogP contribution is -2.54. The summed E-state index contributed by atoms with van der Waals surface area (Å²) in [5.41, 5.74) is 6.50. The predicted molar refractivity (Wildman–Crippen MR) is 133 cm³/mol. The van der Waals surface area contributed by atoms with Crippen LogP contribution in [0.2, 0.25) is 0 Å². The van der Waals surface area contributed by atoms with Crippen LogP contribution in [0.5, 0.6) is 0 Å². The first-order valence-corrected chi connectivity index (χ1v) is 12.3. The predicted octanol–water partition coefficient (Wildman–Crippen LogP) is 1.36. The van der Waals surface area contributed by atoms with Crippen molar-refractivity contribution in [3.8, 4) is 0 Å². The lowest BCUT2D eigenvalue weighted by molar-refractivity contribution is -0.139. The largest absolute Gasteiger partial charge is 0.370 e. The molecule has 1 aliphatic rings. The standard InChI is InChI=1S/C24H33N5O4S/c1-28-18-9-5-4-8-16(18)14-20(28)23(32)27-17(15-34)24(33)29-13-7-10-19(29)22(31)26-12-6-2-3-11-21(25)30/h4-5,8-9,14,17,19,34H,2-3,6-7,10-13,15H2,1H3,(H2,25,30)(H,26,31)(H,27,32)/t17-,19-/m0/s1. The summed E-state index contributed by atoms with van der Waals surface area (Å²) in [6.45, 7) is 0.938. The second kappa shape index (κ2) is 11.9. The van der Waals surface area contributed by atoms with Gasteiger partial charge in [0, 0.05) is 43.2 Å². The van der Waals surface area contributed by atoms with E-state index in [-0.39, 0.29) is 29.4 Å². The molecule has 0 bridgehead atoms. The van der Waals surface area contributed by atoms with Crippen LogP contribution in [0.4, 0.5) is 0 Å². The zero-order valence-corrected chi connectivity index (χ0v) is 20.4. The minimum atomic E-state index is -0.837. The van der Waals surface area contributed by atoms with Crippen LogP contribution in [0.1, 0.15) is 49.0 Å². The van der Waals surface area contributed by atoms with E-state index in [1.165, 1.54) is 0 Å². The number of hydrogen-bond donors (Lipinski definition) is 4. The third-order valence-corrected chi connectivity index (χ3v) is 6.57. The molecule has 1 aromatic carbocycles. The van der Waals surface area contributed by atoms with E-state index in [2.05, 4.69) is 23.3 Å². The second-order valence-corrected chi connectivity index (χ2v) is 8.98. The molecular weight excluding hydrogens is 454 g/mol. The molecule has 1 saturated heterocycles. The number of para-hydroxylation sites is 1. The highest BCUT2D eigenvalue weighted by Gasteiger charge is 2.37. The van der Waals surface area contributed by atoms with Gasteiger partial charge in [0.05, 0.1) is 0 Å². The number of nitrogens with zero attached hydrogens (tertiary/aromatic N) is 2. The van der Waals surface area contributed by atoms with Gasteiger partial charge in [-0.2, -0.15) is 12.6 Å². The summed E-state index contributed by atoms with van der Waals surface area (Å²) in [6.07, 6.45) is 3.86. The minimum absolute atomic E-state index is 0.124. The van der Waals surface area contributed by atoms with Crippen LogP contribution in [0.3, 0.4) is 0 Å². The molecule has 9 nitrogen and oxygen atoms in total. The fraction of sp³-hybridized carbons (Fsp3) is 0.500. The Morgan fingerprint density at radius 1 is 1.18 bits per heavy atom. The monoisotopic (exact) mass is 487 g/mol.